The van der Waals surface area contributed by atoms with Gasteiger partial charge in [0.1, 0.15) is 17.1 Å². The number of carboxylic acid groups (broad SMARTS) is 1. The van der Waals surface area contributed by atoms with Crippen LogP contribution in [0.5, 0.6) is 5.75 Å². The normalized spacial score (nSPS) is 13.4. The lowest BCUT2D eigenvalue weighted by molar-refractivity contribution is -0.147. The van der Waals surface area contributed by atoms with Crippen molar-refractivity contribution in [3.63, 3.8) is 0 Å². The van der Waals surface area contributed by atoms with Crippen molar-refractivity contribution in [1.82, 2.24) is 14.0 Å². The molecule has 1 aromatic heterocycles. The average molecular weight is 621 g/mol. The van der Waals surface area contributed by atoms with Gasteiger partial charge in [-0.25, -0.2) is 9.18 Å². The molecule has 1 saturated heterocycles. The van der Waals surface area contributed by atoms with E-state index in [9.17, 15) is 19.2 Å². The number of rotatable bonds is 8. The third kappa shape index (κ3) is 5.63. The fourth-order valence-electron chi connectivity index (χ4n) is 5.36. The predicted molar refractivity (Wildman–Crippen MR) is 165 cm³/mol. The van der Waals surface area contributed by atoms with Crippen LogP contribution in [0.1, 0.15) is 21.5 Å². The molecule has 1 fully saturated rings. The van der Waals surface area contributed by atoms with Crippen LogP contribution in [0.2, 0.25) is 5.02 Å². The average Bonchev–Trinajstić information content (AvgIpc) is 2.97. The van der Waals surface area contributed by atoms with Gasteiger partial charge in [0.2, 0.25) is 0 Å². The number of benzene rings is 3. The minimum absolute atomic E-state index is 0.185. The Labute approximate surface area is 256 Å². The molecule has 0 unspecified atom stereocenters. The number of aromatic nitrogens is 2. The Kier molecular flexibility index (Phi) is 8.44. The third-order valence-electron chi connectivity index (χ3n) is 7.94. The maximum Gasteiger partial charge on any atom is 0.330 e. The molecule has 1 amide bonds. The second kappa shape index (κ2) is 12.1. The summed E-state index contributed by atoms with van der Waals surface area (Å²) in [5, 5.41) is 12.3. The van der Waals surface area contributed by atoms with Crippen LogP contribution < -0.4 is 21.3 Å². The first-order chi connectivity index (χ1) is 20.9. The van der Waals surface area contributed by atoms with Gasteiger partial charge in [-0.15, -0.1) is 0 Å². The van der Waals surface area contributed by atoms with Crippen molar-refractivity contribution in [2.24, 2.45) is 20.0 Å². The molecule has 1 aliphatic rings. The molecule has 0 radical (unpaired) electrons. The highest BCUT2D eigenvalue weighted by Gasteiger charge is 2.33. The molecule has 1 aliphatic heterocycles. The molecular weight excluding hydrogens is 591 g/mol. The number of likely N-dealkylation sites (tertiary alicyclic amines) is 1. The molecule has 3 aromatic carbocycles. The van der Waals surface area contributed by atoms with E-state index in [1.807, 2.05) is 17.0 Å². The first-order valence-electron chi connectivity index (χ1n) is 13.7. The zero-order valence-corrected chi connectivity index (χ0v) is 25.2. The van der Waals surface area contributed by atoms with E-state index in [1.54, 1.807) is 37.3 Å². The number of anilines is 1. The maximum atomic E-state index is 15.4. The smallest absolute Gasteiger partial charge is 0.330 e. The van der Waals surface area contributed by atoms with Crippen molar-refractivity contribution < 1.29 is 23.8 Å². The first-order valence-corrected chi connectivity index (χ1v) is 14.1. The van der Waals surface area contributed by atoms with Crippen molar-refractivity contribution in [2.75, 3.05) is 25.5 Å². The fraction of sp³-hybridized carbons (Fsp3) is 0.250. The van der Waals surface area contributed by atoms with Crippen molar-refractivity contribution in [3.05, 3.63) is 103 Å². The summed E-state index contributed by atoms with van der Waals surface area (Å²) in [7, 11) is 4.21. The van der Waals surface area contributed by atoms with Crippen LogP contribution in [0.15, 0.2) is 64.3 Å². The lowest BCUT2D eigenvalue weighted by atomic mass is 9.94. The fourth-order valence-corrected chi connectivity index (χ4v) is 5.70. The zero-order valence-electron chi connectivity index (χ0n) is 24.5. The number of nitrogens with zero attached hydrogens (tertiary/aromatic N) is 3. The molecule has 4 aromatic rings. The van der Waals surface area contributed by atoms with Crippen LogP contribution in [0.3, 0.4) is 0 Å². The Bertz CT molecular complexity index is 1930. The minimum Gasteiger partial charge on any atom is -0.496 e. The van der Waals surface area contributed by atoms with Crippen molar-refractivity contribution in [2.45, 2.75) is 13.5 Å². The number of carbonyl (C=O) groups excluding carboxylic acids is 1. The summed E-state index contributed by atoms with van der Waals surface area (Å²) in [6, 6.07) is 13.7. The van der Waals surface area contributed by atoms with Gasteiger partial charge in [0, 0.05) is 62.3 Å². The maximum absolute atomic E-state index is 15.4. The summed E-state index contributed by atoms with van der Waals surface area (Å²) >= 11 is 6.93. The summed E-state index contributed by atoms with van der Waals surface area (Å²) in [5.41, 5.74) is 2.41. The Hall–Kier alpha value is -4.74. The van der Waals surface area contributed by atoms with E-state index in [2.05, 4.69) is 5.32 Å². The molecular formula is C32H30ClFN4O6. The summed E-state index contributed by atoms with van der Waals surface area (Å²) < 4.78 is 23.0. The van der Waals surface area contributed by atoms with E-state index in [0.717, 1.165) is 9.13 Å². The summed E-state index contributed by atoms with van der Waals surface area (Å²) in [5.74, 6) is -2.16. The molecule has 10 nitrogen and oxygen atoms in total. The highest BCUT2D eigenvalue weighted by Crippen LogP contribution is 2.41. The molecule has 0 saturated carbocycles. The highest BCUT2D eigenvalue weighted by atomic mass is 35.5. The van der Waals surface area contributed by atoms with Crippen LogP contribution in [-0.4, -0.2) is 51.2 Å². The van der Waals surface area contributed by atoms with E-state index in [-0.39, 0.29) is 12.1 Å². The molecule has 5 rings (SSSR count). The Morgan fingerprint density at radius 1 is 1.07 bits per heavy atom. The van der Waals surface area contributed by atoms with Crippen molar-refractivity contribution in [3.8, 4) is 28.0 Å². The number of ether oxygens (including phenoxy) is 1. The van der Waals surface area contributed by atoms with Gasteiger partial charge in [-0.2, -0.15) is 0 Å². The van der Waals surface area contributed by atoms with Crippen LogP contribution in [0, 0.1) is 18.7 Å². The lowest BCUT2D eigenvalue weighted by Gasteiger charge is -2.36. The Balaban J connectivity index is 1.46. The molecule has 0 aliphatic carbocycles. The van der Waals surface area contributed by atoms with Crippen molar-refractivity contribution >= 4 is 29.2 Å². The first kappa shape index (κ1) is 30.7. The van der Waals surface area contributed by atoms with Gasteiger partial charge >= 0.3 is 11.7 Å². The van der Waals surface area contributed by atoms with Crippen LogP contribution in [-0.2, 0) is 25.4 Å². The quantitative estimate of drug-likeness (QED) is 0.301. The Morgan fingerprint density at radius 2 is 1.73 bits per heavy atom. The van der Waals surface area contributed by atoms with Gasteiger partial charge in [0.25, 0.3) is 11.5 Å². The van der Waals surface area contributed by atoms with E-state index < -0.39 is 34.9 Å². The molecule has 2 heterocycles. The SMILES string of the molecule is COc1cc(-c2cccc(-c3cccc(NC(=O)c4cn(C)c(=O)n(C)c4=O)c3C)c2Cl)cc(F)c1CN1CC(C(=O)O)C1. The Morgan fingerprint density at radius 3 is 2.41 bits per heavy atom. The monoisotopic (exact) mass is 620 g/mol. The van der Waals surface area contributed by atoms with Gasteiger partial charge in [-0.3, -0.25) is 23.9 Å². The van der Waals surface area contributed by atoms with Crippen LogP contribution in [0.4, 0.5) is 10.1 Å². The lowest BCUT2D eigenvalue weighted by Crippen LogP contribution is -2.49. The number of halogens is 2. The number of amides is 1. The summed E-state index contributed by atoms with van der Waals surface area (Å²) in [6.45, 7) is 2.70. The van der Waals surface area contributed by atoms with Crippen LogP contribution in [0.25, 0.3) is 22.3 Å². The number of hydrogen-bond acceptors (Lipinski definition) is 6. The number of nitrogens with one attached hydrogen (secondary N) is 1. The molecule has 2 N–H and O–H groups in total. The second-order valence-corrected chi connectivity index (χ2v) is 11.1. The molecule has 12 heteroatoms. The summed E-state index contributed by atoms with van der Waals surface area (Å²) in [4.78, 5) is 50.7. The van der Waals surface area contributed by atoms with Crippen LogP contribution >= 0.6 is 11.6 Å². The molecule has 0 bridgehead atoms. The predicted octanol–water partition coefficient (Wildman–Crippen LogP) is 4.30. The molecule has 0 spiro atoms. The van der Waals surface area contributed by atoms with Gasteiger partial charge in [0.15, 0.2) is 0 Å². The standard InChI is InChI=1S/C32H30ClFN4O6/c1-17-20(7-6-10-26(17)35-29(39)24-15-36(2)32(43)37(3)30(24)40)22-9-5-8-21(28(22)33)18-11-25(34)23(27(12-18)44-4)16-38-13-19(14-38)31(41)42/h5-12,15,19H,13-14,16H2,1-4H3,(H,35,39)(H,41,42). The second-order valence-electron chi connectivity index (χ2n) is 10.8. The zero-order chi connectivity index (χ0) is 31.9. The highest BCUT2D eigenvalue weighted by molar-refractivity contribution is 6.36. The van der Waals surface area contributed by atoms with Crippen molar-refractivity contribution in [1.29, 1.82) is 0 Å². The van der Waals surface area contributed by atoms with Gasteiger partial charge in [-0.1, -0.05) is 41.9 Å². The minimum atomic E-state index is -0.864. The van der Waals surface area contributed by atoms with E-state index in [4.69, 9.17) is 21.4 Å². The van der Waals surface area contributed by atoms with Gasteiger partial charge in [0.05, 0.1) is 18.1 Å². The largest absolute Gasteiger partial charge is 0.496 e. The number of hydrogen-bond donors (Lipinski definition) is 2. The number of carbonyl (C=O) groups is 2. The van der Waals surface area contributed by atoms with E-state index >= 15 is 4.39 Å². The van der Waals surface area contributed by atoms with Gasteiger partial charge in [-0.05, 0) is 41.8 Å². The number of aliphatic carboxylic acids is 1. The topological polar surface area (TPSA) is 123 Å². The van der Waals surface area contributed by atoms with E-state index in [1.165, 1.54) is 33.5 Å². The molecule has 0 atom stereocenters. The van der Waals surface area contributed by atoms with Gasteiger partial charge < -0.3 is 19.7 Å². The number of carboxylic acids is 1. The summed E-state index contributed by atoms with van der Waals surface area (Å²) in [6.07, 6.45) is 1.20. The molecule has 228 valence electrons. The molecule has 44 heavy (non-hydrogen) atoms. The third-order valence-corrected chi connectivity index (χ3v) is 8.34. The number of aryl methyl sites for hydroxylation is 1. The number of methoxy groups -OCH3 is 1. The van der Waals surface area contributed by atoms with E-state index in [0.29, 0.717) is 62.9 Å².